The monoisotopic (exact) mass is 591 g/mol. The molecule has 1 unspecified atom stereocenters. The minimum atomic E-state index is -4.47. The fraction of sp³-hybridized carbons (Fsp3) is 0.212. The highest BCUT2D eigenvalue weighted by atomic mass is 19.4. The smallest absolute Gasteiger partial charge is 0.416 e. The Morgan fingerprint density at radius 2 is 1.53 bits per heavy atom. The zero-order chi connectivity index (χ0) is 30.6. The molecule has 4 aromatic carbocycles. The number of carbonyl (C=O) groups excluding carboxylic acids is 1. The number of methoxy groups -OCH3 is 1. The van der Waals surface area contributed by atoms with Gasteiger partial charge in [0.2, 0.25) is 0 Å². The number of carboxylic acid groups (broad SMARTS) is 1. The highest BCUT2D eigenvalue weighted by Gasteiger charge is 2.31. The van der Waals surface area contributed by atoms with Crippen LogP contribution in [0.15, 0.2) is 91.0 Å². The normalized spacial score (nSPS) is 13.0. The molecule has 1 aliphatic carbocycles. The number of alkyl carbamates (subject to hydrolysis) is 1. The van der Waals surface area contributed by atoms with Gasteiger partial charge in [-0.3, -0.25) is 0 Å². The molecule has 0 bridgehead atoms. The van der Waals surface area contributed by atoms with Crippen molar-refractivity contribution in [1.82, 2.24) is 5.32 Å². The van der Waals surface area contributed by atoms with E-state index in [9.17, 15) is 27.9 Å². The van der Waals surface area contributed by atoms with Gasteiger partial charge in [0.15, 0.2) is 11.5 Å². The SMILES string of the molecule is COc1cc(CC(NC(=O)OCC2c3ccccc3-c3ccccc32)C(=O)O)ccc1OCc1cccc(C(F)(F)F)c1. The van der Waals surface area contributed by atoms with Gasteiger partial charge in [0.1, 0.15) is 19.3 Å². The van der Waals surface area contributed by atoms with Crippen molar-refractivity contribution in [2.75, 3.05) is 13.7 Å². The summed E-state index contributed by atoms with van der Waals surface area (Å²) in [7, 11) is 1.39. The van der Waals surface area contributed by atoms with E-state index in [1.807, 2.05) is 48.5 Å². The molecule has 222 valence electrons. The van der Waals surface area contributed by atoms with E-state index in [-0.39, 0.29) is 37.1 Å². The van der Waals surface area contributed by atoms with E-state index in [1.165, 1.54) is 25.3 Å². The van der Waals surface area contributed by atoms with Gasteiger partial charge < -0.3 is 24.6 Å². The van der Waals surface area contributed by atoms with Crippen LogP contribution < -0.4 is 14.8 Å². The highest BCUT2D eigenvalue weighted by molar-refractivity contribution is 5.81. The van der Waals surface area contributed by atoms with Gasteiger partial charge in [0.25, 0.3) is 0 Å². The maximum Gasteiger partial charge on any atom is 0.416 e. The van der Waals surface area contributed by atoms with Crippen molar-refractivity contribution in [3.8, 4) is 22.6 Å². The Morgan fingerprint density at radius 3 is 2.16 bits per heavy atom. The lowest BCUT2D eigenvalue weighted by Crippen LogP contribution is -2.42. The Balaban J connectivity index is 1.21. The molecule has 1 atom stereocenters. The molecule has 4 aromatic rings. The molecule has 0 aliphatic heterocycles. The van der Waals surface area contributed by atoms with E-state index in [0.717, 1.165) is 34.4 Å². The fourth-order valence-corrected chi connectivity index (χ4v) is 5.17. The second-order valence-corrected chi connectivity index (χ2v) is 10.0. The van der Waals surface area contributed by atoms with Crippen molar-refractivity contribution < 1.29 is 42.1 Å². The van der Waals surface area contributed by atoms with E-state index >= 15 is 0 Å². The summed E-state index contributed by atoms with van der Waals surface area (Å²) in [6.45, 7) is -0.0986. The molecule has 0 aromatic heterocycles. The Morgan fingerprint density at radius 1 is 0.860 bits per heavy atom. The molecule has 0 saturated heterocycles. The highest BCUT2D eigenvalue weighted by Crippen LogP contribution is 2.44. The van der Waals surface area contributed by atoms with Crippen LogP contribution in [-0.2, 0) is 28.7 Å². The van der Waals surface area contributed by atoms with Crippen LogP contribution in [0.25, 0.3) is 11.1 Å². The fourth-order valence-electron chi connectivity index (χ4n) is 5.17. The minimum absolute atomic E-state index is 0.0396. The maximum atomic E-state index is 13.0. The zero-order valence-corrected chi connectivity index (χ0v) is 23.1. The van der Waals surface area contributed by atoms with Gasteiger partial charge >= 0.3 is 18.2 Å². The number of hydrogen-bond acceptors (Lipinski definition) is 5. The molecule has 0 radical (unpaired) electrons. The number of carboxylic acids is 1. The number of amides is 1. The maximum absolute atomic E-state index is 13.0. The topological polar surface area (TPSA) is 94.1 Å². The number of aliphatic carboxylic acids is 1. The van der Waals surface area contributed by atoms with Crippen LogP contribution in [0.2, 0.25) is 0 Å². The number of alkyl halides is 3. The zero-order valence-electron chi connectivity index (χ0n) is 23.1. The number of carbonyl (C=O) groups is 2. The average Bonchev–Trinajstić information content (AvgIpc) is 3.32. The van der Waals surface area contributed by atoms with Gasteiger partial charge in [-0.2, -0.15) is 13.2 Å². The number of ether oxygens (including phenoxy) is 3. The molecule has 0 spiro atoms. The van der Waals surface area contributed by atoms with Crippen molar-refractivity contribution in [3.63, 3.8) is 0 Å². The Kier molecular flexibility index (Phi) is 8.56. The minimum Gasteiger partial charge on any atom is -0.493 e. The lowest BCUT2D eigenvalue weighted by Gasteiger charge is -2.18. The van der Waals surface area contributed by atoms with Crippen LogP contribution in [0.4, 0.5) is 18.0 Å². The lowest BCUT2D eigenvalue weighted by molar-refractivity contribution is -0.139. The molecular weight excluding hydrogens is 563 g/mol. The Bertz CT molecular complexity index is 1590. The molecule has 1 aliphatic rings. The third kappa shape index (κ3) is 6.74. The summed E-state index contributed by atoms with van der Waals surface area (Å²) in [5.74, 6) is -0.902. The predicted molar refractivity (Wildman–Crippen MR) is 152 cm³/mol. The van der Waals surface area contributed by atoms with E-state index in [4.69, 9.17) is 14.2 Å². The van der Waals surface area contributed by atoms with Gasteiger partial charge in [-0.1, -0.05) is 66.7 Å². The largest absolute Gasteiger partial charge is 0.493 e. The van der Waals surface area contributed by atoms with E-state index in [1.54, 1.807) is 12.1 Å². The van der Waals surface area contributed by atoms with Crippen LogP contribution in [0, 0.1) is 0 Å². The number of benzene rings is 4. The summed E-state index contributed by atoms with van der Waals surface area (Å²) < 4.78 is 55.6. The lowest BCUT2D eigenvalue weighted by atomic mass is 9.98. The molecule has 0 fully saturated rings. The Hall–Kier alpha value is -4.99. The van der Waals surface area contributed by atoms with E-state index in [0.29, 0.717) is 11.1 Å². The number of fused-ring (bicyclic) bond motifs is 3. The third-order valence-corrected chi connectivity index (χ3v) is 7.25. The van der Waals surface area contributed by atoms with Crippen LogP contribution >= 0.6 is 0 Å². The van der Waals surface area contributed by atoms with E-state index in [2.05, 4.69) is 5.32 Å². The molecule has 7 nitrogen and oxygen atoms in total. The first-order valence-corrected chi connectivity index (χ1v) is 13.4. The van der Waals surface area contributed by atoms with Crippen LogP contribution in [0.3, 0.4) is 0 Å². The summed E-state index contributed by atoms with van der Waals surface area (Å²) >= 11 is 0. The second-order valence-electron chi connectivity index (χ2n) is 10.0. The third-order valence-electron chi connectivity index (χ3n) is 7.25. The quantitative estimate of drug-likeness (QED) is 0.210. The van der Waals surface area contributed by atoms with Gasteiger partial charge in [0.05, 0.1) is 12.7 Å². The number of hydrogen-bond donors (Lipinski definition) is 2. The molecular formula is C33H28F3NO6. The molecule has 10 heteroatoms. The first-order valence-electron chi connectivity index (χ1n) is 13.4. The average molecular weight is 592 g/mol. The summed E-state index contributed by atoms with van der Waals surface area (Å²) in [6, 6.07) is 24.0. The van der Waals surface area contributed by atoms with Gasteiger partial charge in [-0.25, -0.2) is 9.59 Å². The van der Waals surface area contributed by atoms with Gasteiger partial charge in [0, 0.05) is 12.3 Å². The van der Waals surface area contributed by atoms with Crippen molar-refractivity contribution in [2.45, 2.75) is 31.2 Å². The van der Waals surface area contributed by atoms with Gasteiger partial charge in [-0.15, -0.1) is 0 Å². The van der Waals surface area contributed by atoms with Crippen molar-refractivity contribution in [2.24, 2.45) is 0 Å². The van der Waals surface area contributed by atoms with Crippen LogP contribution in [0.5, 0.6) is 11.5 Å². The first-order chi connectivity index (χ1) is 20.6. The summed E-state index contributed by atoms with van der Waals surface area (Å²) in [4.78, 5) is 24.7. The molecule has 43 heavy (non-hydrogen) atoms. The molecule has 2 N–H and O–H groups in total. The Labute approximate surface area is 245 Å². The van der Waals surface area contributed by atoms with Crippen LogP contribution in [0.1, 0.15) is 33.7 Å². The number of nitrogens with one attached hydrogen (secondary N) is 1. The predicted octanol–water partition coefficient (Wildman–Crippen LogP) is 6.83. The molecule has 5 rings (SSSR count). The standard InChI is InChI=1S/C33H28F3NO6/c1-41-30-17-20(13-14-29(30)42-18-21-7-6-8-22(15-21)33(34,35)36)16-28(31(38)39)37-32(40)43-19-27-25-11-4-2-9-23(25)24-10-3-5-12-26(24)27/h2-15,17,27-28H,16,18-19H2,1H3,(H,37,40)(H,38,39). The van der Waals surface area contributed by atoms with Crippen molar-refractivity contribution in [1.29, 1.82) is 0 Å². The van der Waals surface area contributed by atoms with Crippen molar-refractivity contribution >= 4 is 12.1 Å². The number of rotatable bonds is 10. The van der Waals surface area contributed by atoms with Gasteiger partial charge in [-0.05, 0) is 57.6 Å². The molecule has 1 amide bonds. The second kappa shape index (κ2) is 12.5. The first kappa shape index (κ1) is 29.5. The summed E-state index contributed by atoms with van der Waals surface area (Å²) in [6.07, 6.45) is -5.41. The molecule has 0 saturated carbocycles. The van der Waals surface area contributed by atoms with Crippen molar-refractivity contribution in [3.05, 3.63) is 119 Å². The van der Waals surface area contributed by atoms with Crippen LogP contribution in [-0.4, -0.2) is 36.9 Å². The summed E-state index contributed by atoms with van der Waals surface area (Å²) in [5.41, 5.74) is 4.29. The number of halogens is 3. The molecule has 0 heterocycles. The summed E-state index contributed by atoms with van der Waals surface area (Å²) in [5, 5.41) is 12.2. The van der Waals surface area contributed by atoms with E-state index < -0.39 is 29.8 Å².